The second-order valence-electron chi connectivity index (χ2n) is 8.14. The summed E-state index contributed by atoms with van der Waals surface area (Å²) in [5.74, 6) is -0.583. The molecule has 1 heterocycles. The minimum atomic E-state index is -0.499. The average Bonchev–Trinajstić information content (AvgIpc) is 2.83. The van der Waals surface area contributed by atoms with Crippen LogP contribution in [-0.2, 0) is 16.0 Å². The van der Waals surface area contributed by atoms with E-state index in [1.807, 2.05) is 60.4 Å². The summed E-state index contributed by atoms with van der Waals surface area (Å²) in [6, 6.07) is 15.2. The quantitative estimate of drug-likeness (QED) is 0.425. The van der Waals surface area contributed by atoms with E-state index < -0.39 is 12.0 Å². The number of likely N-dealkylation sites (tertiary alicyclic amines) is 1. The van der Waals surface area contributed by atoms with Gasteiger partial charge in [0.15, 0.2) is 0 Å². The summed E-state index contributed by atoms with van der Waals surface area (Å²) in [5, 5.41) is 9.69. The van der Waals surface area contributed by atoms with Crippen LogP contribution in [0.5, 0.6) is 0 Å². The number of hydrogen-bond acceptors (Lipinski definition) is 4. The Hall–Kier alpha value is -2.41. The van der Waals surface area contributed by atoms with Crippen LogP contribution >= 0.6 is 11.6 Å². The molecular formula is C25H31ClN2O4. The number of amides is 2. The Morgan fingerprint density at radius 2 is 1.72 bits per heavy atom. The molecule has 1 fully saturated rings. The SMILES string of the molecule is CCO[C@H](CC(=O)NO)[C@H](Cc1ccc(Cl)cc1)c1ccc(C(=O)N2CCCCC2)cc1. The summed E-state index contributed by atoms with van der Waals surface area (Å²) in [6.45, 7) is 3.93. The van der Waals surface area contributed by atoms with E-state index in [-0.39, 0.29) is 18.2 Å². The number of benzene rings is 2. The first-order valence-corrected chi connectivity index (χ1v) is 11.6. The maximum absolute atomic E-state index is 12.8. The minimum Gasteiger partial charge on any atom is -0.377 e. The fourth-order valence-electron chi connectivity index (χ4n) is 4.25. The molecule has 0 saturated carbocycles. The van der Waals surface area contributed by atoms with Crippen LogP contribution in [-0.4, -0.2) is 47.7 Å². The summed E-state index contributed by atoms with van der Waals surface area (Å²) in [7, 11) is 0. The highest BCUT2D eigenvalue weighted by molar-refractivity contribution is 6.30. The van der Waals surface area contributed by atoms with Crippen molar-refractivity contribution in [3.8, 4) is 0 Å². The van der Waals surface area contributed by atoms with Crippen molar-refractivity contribution in [2.45, 2.75) is 51.0 Å². The van der Waals surface area contributed by atoms with E-state index in [1.54, 1.807) is 5.48 Å². The van der Waals surface area contributed by atoms with Gasteiger partial charge in [-0.1, -0.05) is 35.9 Å². The Morgan fingerprint density at radius 3 is 2.31 bits per heavy atom. The average molecular weight is 459 g/mol. The Labute approximate surface area is 194 Å². The predicted molar refractivity (Wildman–Crippen MR) is 124 cm³/mol. The van der Waals surface area contributed by atoms with Crippen molar-refractivity contribution in [3.05, 3.63) is 70.2 Å². The zero-order valence-corrected chi connectivity index (χ0v) is 19.2. The van der Waals surface area contributed by atoms with Crippen molar-refractivity contribution >= 4 is 23.4 Å². The molecule has 6 nitrogen and oxygen atoms in total. The van der Waals surface area contributed by atoms with Crippen LogP contribution in [0.15, 0.2) is 48.5 Å². The van der Waals surface area contributed by atoms with Gasteiger partial charge in [0.2, 0.25) is 5.91 Å². The van der Waals surface area contributed by atoms with Crippen LogP contribution in [0, 0.1) is 0 Å². The van der Waals surface area contributed by atoms with E-state index in [1.165, 1.54) is 6.42 Å². The van der Waals surface area contributed by atoms with Crippen molar-refractivity contribution in [3.63, 3.8) is 0 Å². The van der Waals surface area contributed by atoms with E-state index in [4.69, 9.17) is 21.5 Å². The Balaban J connectivity index is 1.85. The van der Waals surface area contributed by atoms with Gasteiger partial charge in [-0.05, 0) is 68.0 Å². The number of hydroxylamine groups is 1. The highest BCUT2D eigenvalue weighted by atomic mass is 35.5. The van der Waals surface area contributed by atoms with Gasteiger partial charge in [0.05, 0.1) is 12.5 Å². The van der Waals surface area contributed by atoms with Crippen molar-refractivity contribution < 1.29 is 19.5 Å². The largest absolute Gasteiger partial charge is 0.377 e. The molecule has 7 heteroatoms. The molecule has 2 N–H and O–H groups in total. The molecule has 32 heavy (non-hydrogen) atoms. The molecule has 1 aliphatic heterocycles. The third kappa shape index (κ3) is 6.55. The van der Waals surface area contributed by atoms with Crippen LogP contribution in [0.1, 0.15) is 60.0 Å². The molecule has 0 unspecified atom stereocenters. The monoisotopic (exact) mass is 458 g/mol. The molecule has 2 aromatic carbocycles. The first-order valence-electron chi connectivity index (χ1n) is 11.2. The number of nitrogens with zero attached hydrogens (tertiary/aromatic N) is 1. The number of piperidine rings is 1. The second-order valence-corrected chi connectivity index (χ2v) is 8.58. The first kappa shape index (κ1) is 24.2. The van der Waals surface area contributed by atoms with Gasteiger partial charge in [-0.3, -0.25) is 14.8 Å². The number of hydrogen-bond donors (Lipinski definition) is 2. The lowest BCUT2D eigenvalue weighted by atomic mass is 9.85. The minimum absolute atomic E-state index is 0.0249. The van der Waals surface area contributed by atoms with Crippen molar-refractivity contribution in [2.24, 2.45) is 0 Å². The van der Waals surface area contributed by atoms with E-state index in [9.17, 15) is 9.59 Å². The van der Waals surface area contributed by atoms with Crippen molar-refractivity contribution in [1.82, 2.24) is 10.4 Å². The Bertz CT molecular complexity index is 880. The summed E-state index contributed by atoms with van der Waals surface area (Å²) >= 11 is 6.03. The number of halogens is 1. The highest BCUT2D eigenvalue weighted by Crippen LogP contribution is 2.30. The van der Waals surface area contributed by atoms with Crippen LogP contribution in [0.3, 0.4) is 0 Å². The van der Waals surface area contributed by atoms with Crippen LogP contribution in [0.2, 0.25) is 5.02 Å². The van der Waals surface area contributed by atoms with Gasteiger partial charge in [-0.15, -0.1) is 0 Å². The zero-order chi connectivity index (χ0) is 22.9. The van der Waals surface area contributed by atoms with Gasteiger partial charge in [0.25, 0.3) is 5.91 Å². The summed E-state index contributed by atoms with van der Waals surface area (Å²) in [6.07, 6.45) is 3.49. The van der Waals surface area contributed by atoms with Crippen molar-refractivity contribution in [1.29, 1.82) is 0 Å². The molecule has 0 aromatic heterocycles. The number of nitrogens with one attached hydrogen (secondary N) is 1. The van der Waals surface area contributed by atoms with Crippen molar-refractivity contribution in [2.75, 3.05) is 19.7 Å². The lowest BCUT2D eigenvalue weighted by Crippen LogP contribution is -2.35. The van der Waals surface area contributed by atoms with Gasteiger partial charge in [0, 0.05) is 36.2 Å². The Morgan fingerprint density at radius 1 is 1.06 bits per heavy atom. The molecule has 2 atom stereocenters. The van der Waals surface area contributed by atoms with Crippen LogP contribution in [0.25, 0.3) is 0 Å². The molecular weight excluding hydrogens is 428 g/mol. The predicted octanol–water partition coefficient (Wildman–Crippen LogP) is 4.59. The summed E-state index contributed by atoms with van der Waals surface area (Å²) in [5.41, 5.74) is 4.40. The van der Waals surface area contributed by atoms with E-state index >= 15 is 0 Å². The third-order valence-corrected chi connectivity index (χ3v) is 6.19. The van der Waals surface area contributed by atoms with Crippen LogP contribution in [0.4, 0.5) is 0 Å². The molecule has 2 aromatic rings. The smallest absolute Gasteiger partial charge is 0.253 e. The topological polar surface area (TPSA) is 78.9 Å². The number of carbonyl (C=O) groups excluding carboxylic acids is 2. The third-order valence-electron chi connectivity index (χ3n) is 5.94. The van der Waals surface area contributed by atoms with Gasteiger partial charge < -0.3 is 9.64 Å². The Kier molecular flexibility index (Phi) is 9.09. The lowest BCUT2D eigenvalue weighted by Gasteiger charge is -2.28. The molecule has 0 spiro atoms. The number of rotatable bonds is 9. The fourth-order valence-corrected chi connectivity index (χ4v) is 4.38. The fraction of sp³-hybridized carbons (Fsp3) is 0.440. The number of ether oxygens (including phenoxy) is 1. The normalized spacial score (nSPS) is 15.8. The lowest BCUT2D eigenvalue weighted by molar-refractivity contribution is -0.132. The van der Waals surface area contributed by atoms with E-state index in [0.29, 0.717) is 23.6 Å². The first-order chi connectivity index (χ1) is 15.5. The maximum Gasteiger partial charge on any atom is 0.253 e. The van der Waals surface area contributed by atoms with E-state index in [2.05, 4.69) is 0 Å². The summed E-state index contributed by atoms with van der Waals surface area (Å²) < 4.78 is 5.93. The van der Waals surface area contributed by atoms with Gasteiger partial charge >= 0.3 is 0 Å². The van der Waals surface area contributed by atoms with Gasteiger partial charge in [-0.25, -0.2) is 5.48 Å². The zero-order valence-electron chi connectivity index (χ0n) is 18.4. The second kappa shape index (κ2) is 12.0. The summed E-state index contributed by atoms with van der Waals surface area (Å²) in [4.78, 5) is 26.7. The standard InChI is InChI=1S/C25H31ClN2O4/c1-2-32-23(17-24(29)27-31)22(16-18-6-12-21(26)13-7-18)19-8-10-20(11-9-19)25(30)28-14-4-3-5-15-28/h6-13,22-23,31H,2-5,14-17H2,1H3,(H,27,29)/t22-,23-/m1/s1. The molecule has 1 saturated heterocycles. The molecule has 172 valence electrons. The molecule has 0 radical (unpaired) electrons. The molecule has 1 aliphatic rings. The van der Waals surface area contributed by atoms with Crippen LogP contribution < -0.4 is 5.48 Å². The molecule has 3 rings (SSSR count). The molecule has 2 amide bonds. The van der Waals surface area contributed by atoms with E-state index in [0.717, 1.165) is 37.1 Å². The molecule has 0 bridgehead atoms. The van der Waals surface area contributed by atoms with Gasteiger partial charge in [0.1, 0.15) is 0 Å². The highest BCUT2D eigenvalue weighted by Gasteiger charge is 2.27. The maximum atomic E-state index is 12.8. The van der Waals surface area contributed by atoms with Gasteiger partial charge in [-0.2, -0.15) is 0 Å². The molecule has 0 aliphatic carbocycles. The number of carbonyl (C=O) groups is 2.